The Morgan fingerprint density at radius 3 is 2.59 bits per heavy atom. The molecule has 1 fully saturated rings. The first-order chi connectivity index (χ1) is 7.80. The van der Waals surface area contributed by atoms with Gasteiger partial charge in [-0.2, -0.15) is 30.3 Å². The van der Waals surface area contributed by atoms with Crippen LogP contribution in [0.4, 0.5) is 0 Å². The van der Waals surface area contributed by atoms with Crippen molar-refractivity contribution in [3.63, 3.8) is 0 Å². The minimum Gasteiger partial charge on any atom is -0.334 e. The van der Waals surface area contributed by atoms with Crippen molar-refractivity contribution >= 4 is 0 Å². The minimum absolute atomic E-state index is 0. The molecule has 0 amide bonds. The SMILES string of the molecule is Cc1nccn1CC1(c2cc[c-]cc2)CC1.[W]. The van der Waals surface area contributed by atoms with Crippen LogP contribution in [-0.4, -0.2) is 9.55 Å². The minimum atomic E-state index is 0. The van der Waals surface area contributed by atoms with E-state index in [9.17, 15) is 0 Å². The smallest absolute Gasteiger partial charge is 0.105 e. The average Bonchev–Trinajstić information content (AvgIpc) is 3.00. The van der Waals surface area contributed by atoms with Gasteiger partial charge in [0.2, 0.25) is 0 Å². The topological polar surface area (TPSA) is 17.8 Å². The maximum Gasteiger partial charge on any atom is 0.105 e. The van der Waals surface area contributed by atoms with Gasteiger partial charge in [0.15, 0.2) is 0 Å². The van der Waals surface area contributed by atoms with Crippen molar-refractivity contribution in [2.45, 2.75) is 31.7 Å². The van der Waals surface area contributed by atoms with Crippen LogP contribution < -0.4 is 0 Å². The fraction of sp³-hybridized carbons (Fsp3) is 0.357. The second-order valence-electron chi connectivity index (χ2n) is 4.67. The van der Waals surface area contributed by atoms with Crippen LogP contribution in [0.3, 0.4) is 0 Å². The van der Waals surface area contributed by atoms with Crippen molar-refractivity contribution in [3.05, 3.63) is 54.1 Å². The van der Waals surface area contributed by atoms with Crippen LogP contribution in [0.2, 0.25) is 0 Å². The van der Waals surface area contributed by atoms with E-state index < -0.39 is 0 Å². The molecule has 2 nitrogen and oxygen atoms in total. The molecule has 1 aromatic heterocycles. The Balaban J connectivity index is 0.00000108. The number of benzene rings is 1. The first kappa shape index (κ1) is 12.6. The molecule has 0 aliphatic heterocycles. The molecule has 88 valence electrons. The molecule has 1 aliphatic rings. The summed E-state index contributed by atoms with van der Waals surface area (Å²) < 4.78 is 2.25. The molecular weight excluding hydrogens is 380 g/mol. The zero-order chi connectivity index (χ0) is 11.0. The van der Waals surface area contributed by atoms with Gasteiger partial charge in [0.05, 0.1) is 0 Å². The third-order valence-electron chi connectivity index (χ3n) is 3.58. The van der Waals surface area contributed by atoms with Gasteiger partial charge in [-0.05, 0) is 25.2 Å². The molecule has 1 aliphatic carbocycles. The molecule has 3 heteroatoms. The molecule has 3 rings (SSSR count). The largest absolute Gasteiger partial charge is 0.334 e. The number of imidazole rings is 1. The predicted molar refractivity (Wildman–Crippen MR) is 63.2 cm³/mol. The number of hydrogen-bond acceptors (Lipinski definition) is 1. The van der Waals surface area contributed by atoms with E-state index in [-0.39, 0.29) is 21.1 Å². The van der Waals surface area contributed by atoms with Gasteiger partial charge in [0.1, 0.15) is 5.82 Å². The van der Waals surface area contributed by atoms with Crippen LogP contribution in [0.1, 0.15) is 24.2 Å². The Bertz CT molecular complexity index is 486. The molecule has 1 saturated carbocycles. The Hall–Kier alpha value is -0.882. The molecule has 2 aromatic rings. The normalized spacial score (nSPS) is 16.3. The Kier molecular flexibility index (Phi) is 3.53. The number of nitrogens with zero attached hydrogens (tertiary/aromatic N) is 2. The van der Waals surface area contributed by atoms with Crippen molar-refractivity contribution < 1.29 is 21.1 Å². The molecule has 0 N–H and O–H groups in total. The molecule has 0 radical (unpaired) electrons. The van der Waals surface area contributed by atoms with Gasteiger partial charge in [0, 0.05) is 40.0 Å². The van der Waals surface area contributed by atoms with E-state index in [1.807, 2.05) is 18.3 Å². The monoisotopic (exact) mass is 395 g/mol. The first-order valence-corrected chi connectivity index (χ1v) is 5.75. The summed E-state index contributed by atoms with van der Waals surface area (Å²) in [5.74, 6) is 1.11. The predicted octanol–water partition coefficient (Wildman–Crippen LogP) is 2.72. The number of aryl methyl sites for hydroxylation is 1. The summed E-state index contributed by atoms with van der Waals surface area (Å²) in [4.78, 5) is 4.28. The van der Waals surface area contributed by atoms with E-state index in [0.29, 0.717) is 5.41 Å². The summed E-state index contributed by atoms with van der Waals surface area (Å²) in [6.45, 7) is 3.12. The van der Waals surface area contributed by atoms with Crippen LogP contribution in [0.25, 0.3) is 0 Å². The zero-order valence-electron chi connectivity index (χ0n) is 9.89. The van der Waals surface area contributed by atoms with Crippen LogP contribution in [-0.2, 0) is 33.0 Å². The summed E-state index contributed by atoms with van der Waals surface area (Å²) in [6.07, 6.45) is 6.53. The van der Waals surface area contributed by atoms with Crippen molar-refractivity contribution in [2.75, 3.05) is 0 Å². The van der Waals surface area contributed by atoms with Crippen LogP contribution in [0.15, 0.2) is 36.7 Å². The van der Waals surface area contributed by atoms with E-state index in [1.54, 1.807) is 0 Å². The quantitative estimate of drug-likeness (QED) is 0.732. The molecule has 1 heterocycles. The van der Waals surface area contributed by atoms with Gasteiger partial charge in [-0.1, -0.05) is 0 Å². The van der Waals surface area contributed by atoms with Crippen molar-refractivity contribution in [3.8, 4) is 0 Å². The van der Waals surface area contributed by atoms with E-state index >= 15 is 0 Å². The fourth-order valence-corrected chi connectivity index (χ4v) is 2.33. The molecule has 0 saturated heterocycles. The number of aromatic nitrogens is 2. The Morgan fingerprint density at radius 1 is 1.35 bits per heavy atom. The van der Waals surface area contributed by atoms with Gasteiger partial charge < -0.3 is 4.57 Å². The molecule has 1 aromatic carbocycles. The van der Waals surface area contributed by atoms with Gasteiger partial charge in [0.25, 0.3) is 0 Å². The average molecular weight is 395 g/mol. The summed E-state index contributed by atoms with van der Waals surface area (Å²) in [5.41, 5.74) is 1.81. The van der Waals surface area contributed by atoms with E-state index in [2.05, 4.69) is 40.9 Å². The molecular formula is C14H15N2W-. The standard InChI is InChI=1S/C14H15N2.W/c1-12-15-9-10-16(12)11-14(7-8-14)13-5-3-2-4-6-13;/h3-6,9-10H,7-8,11H2,1H3;/q-1;. The summed E-state index contributed by atoms with van der Waals surface area (Å²) >= 11 is 0. The molecule has 0 spiro atoms. The van der Waals surface area contributed by atoms with Crippen LogP contribution in [0.5, 0.6) is 0 Å². The van der Waals surface area contributed by atoms with Crippen LogP contribution >= 0.6 is 0 Å². The van der Waals surface area contributed by atoms with E-state index in [1.165, 1.54) is 18.4 Å². The summed E-state index contributed by atoms with van der Waals surface area (Å²) in [5, 5.41) is 0. The first-order valence-electron chi connectivity index (χ1n) is 5.75. The van der Waals surface area contributed by atoms with Crippen molar-refractivity contribution in [2.24, 2.45) is 0 Å². The maximum absolute atomic E-state index is 4.28. The Morgan fingerprint density at radius 2 is 2.06 bits per heavy atom. The fourth-order valence-electron chi connectivity index (χ4n) is 2.33. The van der Waals surface area contributed by atoms with Gasteiger partial charge in [-0.15, -0.1) is 5.56 Å². The van der Waals surface area contributed by atoms with Gasteiger partial charge in [-0.3, -0.25) is 0 Å². The third kappa shape index (κ3) is 2.37. The zero-order valence-corrected chi connectivity index (χ0v) is 12.8. The maximum atomic E-state index is 4.28. The summed E-state index contributed by atoms with van der Waals surface area (Å²) in [7, 11) is 0. The second kappa shape index (κ2) is 4.78. The third-order valence-corrected chi connectivity index (χ3v) is 3.58. The van der Waals surface area contributed by atoms with E-state index in [4.69, 9.17) is 0 Å². The van der Waals surface area contributed by atoms with Gasteiger partial charge in [-0.25, -0.2) is 4.98 Å². The van der Waals surface area contributed by atoms with E-state index in [0.717, 1.165) is 12.4 Å². The van der Waals surface area contributed by atoms with Crippen molar-refractivity contribution in [1.29, 1.82) is 0 Å². The number of hydrogen-bond donors (Lipinski definition) is 0. The molecule has 0 atom stereocenters. The van der Waals surface area contributed by atoms with Crippen molar-refractivity contribution in [1.82, 2.24) is 9.55 Å². The van der Waals surface area contributed by atoms with Gasteiger partial charge >= 0.3 is 0 Å². The second-order valence-corrected chi connectivity index (χ2v) is 4.67. The molecule has 0 unspecified atom stereocenters. The molecule has 17 heavy (non-hydrogen) atoms. The number of rotatable bonds is 3. The van der Waals surface area contributed by atoms with Crippen LogP contribution in [0, 0.1) is 13.0 Å². The molecule has 0 bridgehead atoms. The summed E-state index contributed by atoms with van der Waals surface area (Å²) in [6, 6.07) is 11.5. The Labute approximate surface area is 116 Å².